The van der Waals surface area contributed by atoms with E-state index in [9.17, 15) is 0 Å². The number of nitrogens with two attached hydrogens (primary N) is 1. The van der Waals surface area contributed by atoms with E-state index in [1.54, 1.807) is 0 Å². The molecule has 2 N–H and O–H groups in total. The zero-order valence-electron chi connectivity index (χ0n) is 12.3. The van der Waals surface area contributed by atoms with Crippen molar-refractivity contribution in [3.63, 3.8) is 0 Å². The summed E-state index contributed by atoms with van der Waals surface area (Å²) in [6.45, 7) is 4.49. The lowest BCUT2D eigenvalue weighted by Crippen LogP contribution is -2.00. The Labute approximate surface area is 124 Å². The van der Waals surface area contributed by atoms with Gasteiger partial charge in [0.2, 0.25) is 0 Å². The van der Waals surface area contributed by atoms with E-state index in [0.29, 0.717) is 6.61 Å². The third-order valence-corrected chi connectivity index (χ3v) is 3.66. The summed E-state index contributed by atoms with van der Waals surface area (Å²) in [5, 5.41) is 1.13. The van der Waals surface area contributed by atoms with Crippen molar-refractivity contribution in [1.29, 1.82) is 0 Å². The highest BCUT2D eigenvalue weighted by molar-refractivity contribution is 5.81. The normalized spacial score (nSPS) is 10.8. The summed E-state index contributed by atoms with van der Waals surface area (Å²) in [6.07, 6.45) is 1.81. The molecule has 0 saturated carbocycles. The second-order valence-corrected chi connectivity index (χ2v) is 5.26. The van der Waals surface area contributed by atoms with Gasteiger partial charge in [0, 0.05) is 22.8 Å². The molecule has 0 bridgehead atoms. The number of anilines is 1. The molecule has 0 aliphatic heterocycles. The van der Waals surface area contributed by atoms with Gasteiger partial charge >= 0.3 is 0 Å². The Kier molecular flexibility index (Phi) is 3.48. The predicted octanol–water partition coefficient (Wildman–Crippen LogP) is 4.01. The van der Waals surface area contributed by atoms with Crippen LogP contribution < -0.4 is 10.5 Å². The number of aromatic nitrogens is 1. The van der Waals surface area contributed by atoms with E-state index >= 15 is 0 Å². The van der Waals surface area contributed by atoms with Gasteiger partial charge < -0.3 is 10.5 Å². The Bertz CT molecular complexity index is 791. The molecule has 0 aliphatic rings. The average molecular weight is 278 g/mol. The maximum atomic E-state index is 5.97. The summed E-state index contributed by atoms with van der Waals surface area (Å²) in [5.41, 5.74) is 10.9. The number of nitrogen functional groups attached to an aromatic ring is 1. The Morgan fingerprint density at radius 1 is 1.05 bits per heavy atom. The van der Waals surface area contributed by atoms with E-state index in [1.165, 1.54) is 0 Å². The first-order valence-electron chi connectivity index (χ1n) is 6.97. The van der Waals surface area contributed by atoms with Gasteiger partial charge in [0.25, 0.3) is 0 Å². The van der Waals surface area contributed by atoms with Crippen LogP contribution in [0.2, 0.25) is 0 Å². The number of aryl methyl sites for hydroxylation is 2. The molecule has 0 unspecified atom stereocenters. The van der Waals surface area contributed by atoms with Crippen molar-refractivity contribution >= 4 is 16.6 Å². The van der Waals surface area contributed by atoms with Crippen LogP contribution in [0, 0.1) is 13.8 Å². The van der Waals surface area contributed by atoms with Gasteiger partial charge in [-0.1, -0.05) is 24.3 Å². The molecule has 0 aliphatic carbocycles. The number of benzene rings is 2. The predicted molar refractivity (Wildman–Crippen MR) is 86.4 cm³/mol. The number of hydrogen-bond donors (Lipinski definition) is 1. The monoisotopic (exact) mass is 278 g/mol. The first-order chi connectivity index (χ1) is 10.1. The number of pyridine rings is 1. The molecule has 0 spiro atoms. The minimum absolute atomic E-state index is 0.499. The highest BCUT2D eigenvalue weighted by Gasteiger charge is 2.06. The fourth-order valence-electron chi connectivity index (χ4n) is 2.41. The Balaban J connectivity index is 1.89. The zero-order chi connectivity index (χ0) is 14.8. The first-order valence-corrected chi connectivity index (χ1v) is 6.97. The maximum Gasteiger partial charge on any atom is 0.123 e. The van der Waals surface area contributed by atoms with Crippen molar-refractivity contribution < 1.29 is 4.74 Å². The Morgan fingerprint density at radius 2 is 1.86 bits per heavy atom. The van der Waals surface area contributed by atoms with Crippen molar-refractivity contribution in [1.82, 2.24) is 4.98 Å². The molecule has 21 heavy (non-hydrogen) atoms. The van der Waals surface area contributed by atoms with Gasteiger partial charge in [-0.25, -0.2) is 0 Å². The second-order valence-electron chi connectivity index (χ2n) is 5.26. The molecular weight excluding hydrogens is 260 g/mol. The number of para-hydroxylation sites is 1. The SMILES string of the molecule is Cc1cc(OCc2cccc3cccnc23)c(C)cc1N. The molecule has 3 aromatic rings. The minimum Gasteiger partial charge on any atom is -0.489 e. The third-order valence-electron chi connectivity index (χ3n) is 3.66. The topological polar surface area (TPSA) is 48.1 Å². The highest BCUT2D eigenvalue weighted by Crippen LogP contribution is 2.26. The van der Waals surface area contributed by atoms with Crippen LogP contribution in [-0.4, -0.2) is 4.98 Å². The summed E-state index contributed by atoms with van der Waals surface area (Å²) in [6, 6.07) is 14.1. The fraction of sp³-hybridized carbons (Fsp3) is 0.167. The Morgan fingerprint density at radius 3 is 2.71 bits per heavy atom. The van der Waals surface area contributed by atoms with Crippen molar-refractivity contribution in [2.75, 3.05) is 5.73 Å². The number of fused-ring (bicyclic) bond motifs is 1. The van der Waals surface area contributed by atoms with E-state index in [2.05, 4.69) is 23.2 Å². The van der Waals surface area contributed by atoms with Gasteiger partial charge in [0.15, 0.2) is 0 Å². The molecule has 0 fully saturated rings. The lowest BCUT2D eigenvalue weighted by Gasteiger charge is -2.12. The van der Waals surface area contributed by atoms with E-state index < -0.39 is 0 Å². The second kappa shape index (κ2) is 5.44. The molecular formula is C18H18N2O. The van der Waals surface area contributed by atoms with Gasteiger partial charge in [0.1, 0.15) is 12.4 Å². The van der Waals surface area contributed by atoms with Gasteiger partial charge in [-0.2, -0.15) is 0 Å². The lowest BCUT2D eigenvalue weighted by molar-refractivity contribution is 0.305. The number of ether oxygens (including phenoxy) is 1. The Hall–Kier alpha value is -2.55. The van der Waals surface area contributed by atoms with Crippen LogP contribution >= 0.6 is 0 Å². The van der Waals surface area contributed by atoms with Crippen LogP contribution in [0.15, 0.2) is 48.7 Å². The van der Waals surface area contributed by atoms with E-state index in [1.807, 2.05) is 44.3 Å². The zero-order valence-corrected chi connectivity index (χ0v) is 12.3. The third kappa shape index (κ3) is 2.68. The summed E-state index contributed by atoms with van der Waals surface area (Å²) in [5.74, 6) is 0.870. The lowest BCUT2D eigenvalue weighted by atomic mass is 10.1. The first kappa shape index (κ1) is 13.4. The van der Waals surface area contributed by atoms with Crippen LogP contribution in [-0.2, 0) is 6.61 Å². The van der Waals surface area contributed by atoms with Crippen LogP contribution in [0.4, 0.5) is 5.69 Å². The summed E-state index contributed by atoms with van der Waals surface area (Å²) >= 11 is 0. The standard InChI is InChI=1S/C18H18N2O/c1-12-10-17(13(2)9-16(12)19)21-11-15-6-3-5-14-7-4-8-20-18(14)15/h3-10H,11,19H2,1-2H3. The molecule has 106 valence electrons. The summed E-state index contributed by atoms with van der Waals surface area (Å²) < 4.78 is 5.97. The van der Waals surface area contributed by atoms with Gasteiger partial charge in [0.05, 0.1) is 5.52 Å². The minimum atomic E-state index is 0.499. The van der Waals surface area contributed by atoms with Crippen molar-refractivity contribution in [3.05, 3.63) is 65.4 Å². The summed E-state index contributed by atoms with van der Waals surface area (Å²) in [4.78, 5) is 4.45. The molecule has 3 nitrogen and oxygen atoms in total. The van der Waals surface area contributed by atoms with Crippen LogP contribution in [0.1, 0.15) is 16.7 Å². The molecule has 3 rings (SSSR count). The molecule has 1 aromatic heterocycles. The van der Waals surface area contributed by atoms with Crippen molar-refractivity contribution in [2.24, 2.45) is 0 Å². The van der Waals surface area contributed by atoms with E-state index in [-0.39, 0.29) is 0 Å². The van der Waals surface area contributed by atoms with E-state index in [0.717, 1.165) is 39.0 Å². The molecule has 0 atom stereocenters. The molecule has 0 radical (unpaired) electrons. The van der Waals surface area contributed by atoms with Gasteiger partial charge in [-0.3, -0.25) is 4.98 Å². The molecule has 0 amide bonds. The fourth-order valence-corrected chi connectivity index (χ4v) is 2.41. The number of hydrogen-bond acceptors (Lipinski definition) is 3. The quantitative estimate of drug-likeness (QED) is 0.736. The maximum absolute atomic E-state index is 5.97. The molecule has 2 aromatic carbocycles. The van der Waals surface area contributed by atoms with Crippen LogP contribution in [0.25, 0.3) is 10.9 Å². The molecule has 1 heterocycles. The van der Waals surface area contributed by atoms with Crippen LogP contribution in [0.3, 0.4) is 0 Å². The highest BCUT2D eigenvalue weighted by atomic mass is 16.5. The molecule has 3 heteroatoms. The smallest absolute Gasteiger partial charge is 0.123 e. The number of nitrogens with zero attached hydrogens (tertiary/aromatic N) is 1. The van der Waals surface area contributed by atoms with E-state index in [4.69, 9.17) is 10.5 Å². The molecule has 0 saturated heterocycles. The van der Waals surface area contributed by atoms with Crippen molar-refractivity contribution in [3.8, 4) is 5.75 Å². The van der Waals surface area contributed by atoms with Gasteiger partial charge in [-0.05, 0) is 43.2 Å². The van der Waals surface area contributed by atoms with Gasteiger partial charge in [-0.15, -0.1) is 0 Å². The largest absolute Gasteiger partial charge is 0.489 e. The van der Waals surface area contributed by atoms with Crippen molar-refractivity contribution in [2.45, 2.75) is 20.5 Å². The summed E-state index contributed by atoms with van der Waals surface area (Å²) in [7, 11) is 0. The average Bonchev–Trinajstić information content (AvgIpc) is 2.49. The number of rotatable bonds is 3. The van der Waals surface area contributed by atoms with Crippen LogP contribution in [0.5, 0.6) is 5.75 Å².